The number of carboxylic acids is 1. The molecule has 0 fully saturated rings. The van der Waals surface area contributed by atoms with Gasteiger partial charge in [-0.05, 0) is 18.6 Å². The van der Waals surface area contributed by atoms with Crippen molar-refractivity contribution in [1.29, 1.82) is 0 Å². The van der Waals surface area contributed by atoms with Gasteiger partial charge in [0.05, 0.1) is 11.4 Å². The lowest BCUT2D eigenvalue weighted by Crippen LogP contribution is -2.03. The minimum absolute atomic E-state index is 0.147. The average molecular weight is 267 g/mol. The van der Waals surface area contributed by atoms with Gasteiger partial charge in [0.15, 0.2) is 5.16 Å². The molecule has 2 rings (SSSR count). The molecule has 2 aromatic rings. The summed E-state index contributed by atoms with van der Waals surface area (Å²) >= 11 is 0.994. The SMILES string of the molecule is Cc1cccc(-n2cnnc2SCC(=O)O)c1F. The van der Waals surface area contributed by atoms with Gasteiger partial charge in [0.1, 0.15) is 12.1 Å². The molecule has 7 heteroatoms. The Labute approximate surface area is 107 Å². The monoisotopic (exact) mass is 267 g/mol. The van der Waals surface area contributed by atoms with E-state index < -0.39 is 5.97 Å². The van der Waals surface area contributed by atoms with Gasteiger partial charge in [-0.15, -0.1) is 10.2 Å². The van der Waals surface area contributed by atoms with E-state index >= 15 is 0 Å². The van der Waals surface area contributed by atoms with E-state index in [9.17, 15) is 9.18 Å². The maximum Gasteiger partial charge on any atom is 0.313 e. The Morgan fingerprint density at radius 2 is 2.33 bits per heavy atom. The molecule has 0 radical (unpaired) electrons. The highest BCUT2D eigenvalue weighted by atomic mass is 32.2. The molecule has 0 aliphatic heterocycles. The lowest BCUT2D eigenvalue weighted by Gasteiger charge is -2.08. The Balaban J connectivity index is 2.36. The number of carboxylic acid groups (broad SMARTS) is 1. The number of rotatable bonds is 4. The van der Waals surface area contributed by atoms with Gasteiger partial charge >= 0.3 is 5.97 Å². The second-order valence-corrected chi connectivity index (χ2v) is 4.52. The van der Waals surface area contributed by atoms with Crippen LogP contribution in [0, 0.1) is 12.7 Å². The molecule has 0 saturated heterocycles. The number of thioether (sulfide) groups is 1. The molecular formula is C11H10FN3O2S. The topological polar surface area (TPSA) is 68.0 Å². The fourth-order valence-corrected chi connectivity index (χ4v) is 2.07. The maximum absolute atomic E-state index is 13.9. The predicted molar refractivity (Wildman–Crippen MR) is 64.4 cm³/mol. The van der Waals surface area contributed by atoms with Crippen LogP contribution in [0.15, 0.2) is 29.7 Å². The van der Waals surface area contributed by atoms with E-state index in [1.807, 2.05) is 0 Å². The summed E-state index contributed by atoms with van der Waals surface area (Å²) in [5.74, 6) is -1.47. The van der Waals surface area contributed by atoms with E-state index in [0.29, 0.717) is 16.4 Å². The molecule has 0 saturated carbocycles. The molecule has 1 heterocycles. The highest BCUT2D eigenvalue weighted by Crippen LogP contribution is 2.22. The number of carbonyl (C=O) groups is 1. The molecule has 0 spiro atoms. The van der Waals surface area contributed by atoms with Crippen LogP contribution >= 0.6 is 11.8 Å². The molecule has 18 heavy (non-hydrogen) atoms. The number of hydrogen-bond donors (Lipinski definition) is 1. The zero-order valence-corrected chi connectivity index (χ0v) is 10.3. The van der Waals surface area contributed by atoms with Gasteiger partial charge in [0, 0.05) is 0 Å². The third kappa shape index (κ3) is 2.51. The fraction of sp³-hybridized carbons (Fsp3) is 0.182. The zero-order valence-electron chi connectivity index (χ0n) is 9.50. The largest absolute Gasteiger partial charge is 0.481 e. The average Bonchev–Trinajstić information content (AvgIpc) is 2.78. The Morgan fingerprint density at radius 1 is 1.56 bits per heavy atom. The Hall–Kier alpha value is -1.89. The molecular weight excluding hydrogens is 257 g/mol. The van der Waals surface area contributed by atoms with Gasteiger partial charge < -0.3 is 5.11 Å². The first-order valence-corrected chi connectivity index (χ1v) is 6.08. The maximum atomic E-state index is 13.9. The summed E-state index contributed by atoms with van der Waals surface area (Å²) in [7, 11) is 0. The van der Waals surface area contributed by atoms with E-state index in [-0.39, 0.29) is 11.6 Å². The normalized spacial score (nSPS) is 10.6. The van der Waals surface area contributed by atoms with Crippen LogP contribution in [0.3, 0.4) is 0 Å². The summed E-state index contributed by atoms with van der Waals surface area (Å²) in [5.41, 5.74) is 0.822. The summed E-state index contributed by atoms with van der Waals surface area (Å²) in [6.07, 6.45) is 1.36. The van der Waals surface area contributed by atoms with Crippen molar-refractivity contribution in [3.8, 4) is 5.69 Å². The van der Waals surface area contributed by atoms with Crippen molar-refractivity contribution in [2.45, 2.75) is 12.1 Å². The highest BCUT2D eigenvalue weighted by molar-refractivity contribution is 7.99. The van der Waals surface area contributed by atoms with Crippen molar-refractivity contribution >= 4 is 17.7 Å². The minimum Gasteiger partial charge on any atom is -0.481 e. The zero-order chi connectivity index (χ0) is 13.1. The molecule has 1 aromatic carbocycles. The number of benzene rings is 1. The number of aryl methyl sites for hydroxylation is 1. The van der Waals surface area contributed by atoms with Gasteiger partial charge in [-0.3, -0.25) is 9.36 Å². The second-order valence-electron chi connectivity index (χ2n) is 3.57. The third-order valence-electron chi connectivity index (χ3n) is 2.27. The van der Waals surface area contributed by atoms with E-state index in [1.54, 1.807) is 25.1 Å². The number of aromatic nitrogens is 3. The van der Waals surface area contributed by atoms with E-state index in [0.717, 1.165) is 11.8 Å². The molecule has 0 aliphatic carbocycles. The van der Waals surface area contributed by atoms with Crippen molar-refractivity contribution in [1.82, 2.24) is 14.8 Å². The van der Waals surface area contributed by atoms with Crippen molar-refractivity contribution in [2.75, 3.05) is 5.75 Å². The first kappa shape index (κ1) is 12.6. The smallest absolute Gasteiger partial charge is 0.313 e. The lowest BCUT2D eigenvalue weighted by molar-refractivity contribution is -0.133. The molecule has 94 valence electrons. The molecule has 1 aromatic heterocycles. The summed E-state index contributed by atoms with van der Waals surface area (Å²) in [5, 5.41) is 16.4. The van der Waals surface area contributed by atoms with Gasteiger partial charge in [0.2, 0.25) is 0 Å². The molecule has 0 unspecified atom stereocenters. The van der Waals surface area contributed by atoms with Crippen LogP contribution in [0.5, 0.6) is 0 Å². The van der Waals surface area contributed by atoms with E-state index in [1.165, 1.54) is 10.9 Å². The molecule has 1 N–H and O–H groups in total. The van der Waals surface area contributed by atoms with Crippen molar-refractivity contribution in [3.63, 3.8) is 0 Å². The minimum atomic E-state index is -0.959. The van der Waals surface area contributed by atoms with Crippen LogP contribution in [0.1, 0.15) is 5.56 Å². The van der Waals surface area contributed by atoms with Gasteiger partial charge in [-0.1, -0.05) is 23.9 Å². The Kier molecular flexibility index (Phi) is 3.61. The molecule has 0 aliphatic rings. The van der Waals surface area contributed by atoms with E-state index in [4.69, 9.17) is 5.11 Å². The molecule has 0 bridgehead atoms. The van der Waals surface area contributed by atoms with E-state index in [2.05, 4.69) is 10.2 Å². The Bertz CT molecular complexity index is 585. The van der Waals surface area contributed by atoms with Crippen LogP contribution in [0.2, 0.25) is 0 Å². The molecule has 5 nitrogen and oxygen atoms in total. The number of nitrogens with zero attached hydrogens (tertiary/aromatic N) is 3. The van der Waals surface area contributed by atoms with Crippen LogP contribution < -0.4 is 0 Å². The Morgan fingerprint density at radius 3 is 3.06 bits per heavy atom. The first-order valence-electron chi connectivity index (χ1n) is 5.09. The van der Waals surface area contributed by atoms with Crippen molar-refractivity contribution < 1.29 is 14.3 Å². The third-order valence-corrected chi connectivity index (χ3v) is 3.20. The number of hydrogen-bond acceptors (Lipinski definition) is 4. The predicted octanol–water partition coefficient (Wildman–Crippen LogP) is 1.89. The quantitative estimate of drug-likeness (QED) is 0.857. The van der Waals surface area contributed by atoms with Gasteiger partial charge in [-0.25, -0.2) is 4.39 Å². The summed E-state index contributed by atoms with van der Waals surface area (Å²) in [4.78, 5) is 10.5. The van der Waals surface area contributed by atoms with Crippen molar-refractivity contribution in [2.24, 2.45) is 0 Å². The van der Waals surface area contributed by atoms with Crippen molar-refractivity contribution in [3.05, 3.63) is 35.9 Å². The molecule has 0 amide bonds. The fourth-order valence-electron chi connectivity index (χ4n) is 1.43. The van der Waals surface area contributed by atoms with Crippen LogP contribution in [0.25, 0.3) is 5.69 Å². The summed E-state index contributed by atoms with van der Waals surface area (Å²) in [6.45, 7) is 1.66. The van der Waals surface area contributed by atoms with Crippen LogP contribution in [0.4, 0.5) is 4.39 Å². The van der Waals surface area contributed by atoms with Crippen LogP contribution in [-0.4, -0.2) is 31.6 Å². The first-order chi connectivity index (χ1) is 8.59. The molecule has 0 atom stereocenters. The summed E-state index contributed by atoms with van der Waals surface area (Å²) < 4.78 is 15.4. The van der Waals surface area contributed by atoms with Crippen LogP contribution in [-0.2, 0) is 4.79 Å². The second kappa shape index (κ2) is 5.18. The standard InChI is InChI=1S/C11H10FN3O2S/c1-7-3-2-4-8(10(7)12)15-6-13-14-11(15)18-5-9(16)17/h2-4,6H,5H2,1H3,(H,16,17). The lowest BCUT2D eigenvalue weighted by atomic mass is 10.2. The summed E-state index contributed by atoms with van der Waals surface area (Å²) in [6, 6.07) is 4.98. The number of aliphatic carboxylic acids is 1. The highest BCUT2D eigenvalue weighted by Gasteiger charge is 2.13. The van der Waals surface area contributed by atoms with Gasteiger partial charge in [0.25, 0.3) is 0 Å². The number of halogens is 1. The van der Waals surface area contributed by atoms with Gasteiger partial charge in [-0.2, -0.15) is 0 Å².